The number of ether oxygens (including phenoxy) is 1. The van der Waals surface area contributed by atoms with Gasteiger partial charge in [-0.3, -0.25) is 4.90 Å². The van der Waals surface area contributed by atoms with Crippen LogP contribution in [0.5, 0.6) is 0 Å². The normalized spacial score (nSPS) is 16.4. The molecule has 1 aliphatic rings. The molecular weight excluding hydrogens is 244 g/mol. The lowest BCUT2D eigenvalue weighted by Crippen LogP contribution is -2.35. The van der Waals surface area contributed by atoms with Crippen LogP contribution in [0, 0.1) is 0 Å². The number of benzene rings is 1. The van der Waals surface area contributed by atoms with Crippen molar-refractivity contribution in [3.63, 3.8) is 0 Å². The Labute approximate surface area is 109 Å². The molecule has 0 radical (unpaired) electrons. The maximum absolute atomic E-state index is 8.43. The van der Waals surface area contributed by atoms with Gasteiger partial charge in [-0.2, -0.15) is 0 Å². The number of H-pyrrole nitrogens is 1. The fraction of sp³-hybridized carbons (Fsp3) is 0.417. The van der Waals surface area contributed by atoms with E-state index in [0.717, 1.165) is 49.7 Å². The fourth-order valence-electron chi connectivity index (χ4n) is 2.21. The van der Waals surface area contributed by atoms with Gasteiger partial charge in [-0.05, 0) is 17.7 Å². The average Bonchev–Trinajstić information content (AvgIpc) is 2.82. The van der Waals surface area contributed by atoms with Crippen molar-refractivity contribution in [2.45, 2.75) is 6.54 Å². The molecular formula is C12H14N6O. The second-order valence-electron chi connectivity index (χ2n) is 4.46. The SMILES string of the molecule is [N-]=[N+]=Nc1ccc2nc(CN3CCOCC3)[nH]c2c1. The molecule has 19 heavy (non-hydrogen) atoms. The Bertz CT molecular complexity index is 624. The first-order chi connectivity index (χ1) is 9.35. The molecule has 1 N–H and O–H groups in total. The topological polar surface area (TPSA) is 89.9 Å². The standard InChI is InChI=1S/C12H14N6O/c13-17-16-9-1-2-10-11(7-9)15-12(14-10)8-18-3-5-19-6-4-18/h1-2,7H,3-6,8H2,(H,14,15). The number of imidazole rings is 1. The van der Waals surface area contributed by atoms with E-state index in [-0.39, 0.29) is 0 Å². The second kappa shape index (κ2) is 5.27. The molecule has 1 aromatic carbocycles. The van der Waals surface area contributed by atoms with Crippen LogP contribution in [-0.2, 0) is 11.3 Å². The lowest BCUT2D eigenvalue weighted by atomic mass is 10.3. The number of nitrogens with one attached hydrogen (secondary N) is 1. The van der Waals surface area contributed by atoms with Crippen LogP contribution in [0.15, 0.2) is 23.3 Å². The molecule has 1 aromatic heterocycles. The predicted octanol–water partition coefficient (Wildman–Crippen LogP) is 2.34. The summed E-state index contributed by atoms with van der Waals surface area (Å²) in [7, 11) is 0. The molecule has 98 valence electrons. The van der Waals surface area contributed by atoms with Gasteiger partial charge in [0.25, 0.3) is 0 Å². The first-order valence-electron chi connectivity index (χ1n) is 6.19. The molecule has 7 nitrogen and oxygen atoms in total. The van der Waals surface area contributed by atoms with Crippen molar-refractivity contribution < 1.29 is 4.74 Å². The zero-order valence-electron chi connectivity index (χ0n) is 10.4. The predicted molar refractivity (Wildman–Crippen MR) is 71.0 cm³/mol. The number of morpholine rings is 1. The smallest absolute Gasteiger partial charge is 0.121 e. The summed E-state index contributed by atoms with van der Waals surface area (Å²) in [6.45, 7) is 4.21. The summed E-state index contributed by atoms with van der Waals surface area (Å²) < 4.78 is 5.32. The molecule has 1 aliphatic heterocycles. The number of rotatable bonds is 3. The molecule has 0 unspecified atom stereocenters. The van der Waals surface area contributed by atoms with Gasteiger partial charge in [-0.15, -0.1) is 0 Å². The summed E-state index contributed by atoms with van der Waals surface area (Å²) in [5.41, 5.74) is 10.8. The molecule has 0 aliphatic carbocycles. The van der Waals surface area contributed by atoms with Crippen LogP contribution in [0.2, 0.25) is 0 Å². The third-order valence-electron chi connectivity index (χ3n) is 3.15. The molecule has 2 heterocycles. The summed E-state index contributed by atoms with van der Waals surface area (Å²) in [6, 6.07) is 5.44. The highest BCUT2D eigenvalue weighted by Gasteiger charge is 2.12. The maximum Gasteiger partial charge on any atom is 0.121 e. The molecule has 3 rings (SSSR count). The third kappa shape index (κ3) is 2.68. The highest BCUT2D eigenvalue weighted by molar-refractivity contribution is 5.78. The van der Waals surface area contributed by atoms with Gasteiger partial charge in [-0.1, -0.05) is 11.2 Å². The van der Waals surface area contributed by atoms with Crippen LogP contribution in [0.25, 0.3) is 21.5 Å². The highest BCUT2D eigenvalue weighted by Crippen LogP contribution is 2.20. The Hall–Kier alpha value is -2.08. The van der Waals surface area contributed by atoms with E-state index in [9.17, 15) is 0 Å². The molecule has 0 bridgehead atoms. The van der Waals surface area contributed by atoms with Gasteiger partial charge in [0.1, 0.15) is 5.82 Å². The monoisotopic (exact) mass is 258 g/mol. The molecule has 0 atom stereocenters. The van der Waals surface area contributed by atoms with E-state index in [1.807, 2.05) is 12.1 Å². The summed E-state index contributed by atoms with van der Waals surface area (Å²) >= 11 is 0. The van der Waals surface area contributed by atoms with E-state index < -0.39 is 0 Å². The Balaban J connectivity index is 1.82. The number of hydrogen-bond acceptors (Lipinski definition) is 4. The zero-order valence-corrected chi connectivity index (χ0v) is 10.4. The fourth-order valence-corrected chi connectivity index (χ4v) is 2.21. The molecule has 0 amide bonds. The van der Waals surface area contributed by atoms with Crippen LogP contribution < -0.4 is 0 Å². The van der Waals surface area contributed by atoms with Gasteiger partial charge in [-0.25, -0.2) is 4.98 Å². The summed E-state index contributed by atoms with van der Waals surface area (Å²) in [4.78, 5) is 12.9. The minimum Gasteiger partial charge on any atom is -0.379 e. The van der Waals surface area contributed by atoms with E-state index in [2.05, 4.69) is 24.9 Å². The van der Waals surface area contributed by atoms with Crippen LogP contribution in [0.3, 0.4) is 0 Å². The van der Waals surface area contributed by atoms with Crippen molar-refractivity contribution in [1.82, 2.24) is 14.9 Å². The van der Waals surface area contributed by atoms with Crippen molar-refractivity contribution in [1.29, 1.82) is 0 Å². The van der Waals surface area contributed by atoms with Gasteiger partial charge in [0.15, 0.2) is 0 Å². The highest BCUT2D eigenvalue weighted by atomic mass is 16.5. The van der Waals surface area contributed by atoms with E-state index >= 15 is 0 Å². The van der Waals surface area contributed by atoms with Gasteiger partial charge in [0, 0.05) is 23.7 Å². The number of aromatic amines is 1. The van der Waals surface area contributed by atoms with E-state index in [4.69, 9.17) is 10.3 Å². The number of azide groups is 1. The lowest BCUT2D eigenvalue weighted by molar-refractivity contribution is 0.0332. The zero-order chi connectivity index (χ0) is 13.1. The van der Waals surface area contributed by atoms with Crippen molar-refractivity contribution in [3.8, 4) is 0 Å². The molecule has 2 aromatic rings. The van der Waals surface area contributed by atoms with Crippen molar-refractivity contribution in [3.05, 3.63) is 34.5 Å². The van der Waals surface area contributed by atoms with Gasteiger partial charge >= 0.3 is 0 Å². The number of aromatic nitrogens is 2. The largest absolute Gasteiger partial charge is 0.379 e. The Kier molecular flexibility index (Phi) is 3.33. The van der Waals surface area contributed by atoms with Gasteiger partial charge in [0.2, 0.25) is 0 Å². The maximum atomic E-state index is 8.43. The minimum absolute atomic E-state index is 0.594. The quantitative estimate of drug-likeness (QED) is 0.520. The number of fused-ring (bicyclic) bond motifs is 1. The Morgan fingerprint density at radius 1 is 1.42 bits per heavy atom. The van der Waals surface area contributed by atoms with E-state index in [0.29, 0.717) is 5.69 Å². The first kappa shape index (κ1) is 12.0. The molecule has 1 fully saturated rings. The first-order valence-corrected chi connectivity index (χ1v) is 6.19. The van der Waals surface area contributed by atoms with Crippen molar-refractivity contribution in [2.75, 3.05) is 26.3 Å². The Morgan fingerprint density at radius 2 is 2.26 bits per heavy atom. The average molecular weight is 258 g/mol. The van der Waals surface area contributed by atoms with Crippen molar-refractivity contribution >= 4 is 16.7 Å². The second-order valence-corrected chi connectivity index (χ2v) is 4.46. The summed E-state index contributed by atoms with van der Waals surface area (Å²) in [5.74, 6) is 0.926. The van der Waals surface area contributed by atoms with E-state index in [1.54, 1.807) is 6.07 Å². The molecule has 1 saturated heterocycles. The van der Waals surface area contributed by atoms with Crippen LogP contribution in [-0.4, -0.2) is 41.2 Å². The van der Waals surface area contributed by atoms with Crippen LogP contribution in [0.4, 0.5) is 5.69 Å². The lowest BCUT2D eigenvalue weighted by Gasteiger charge is -2.25. The minimum atomic E-state index is 0.594. The van der Waals surface area contributed by atoms with Crippen LogP contribution in [0.1, 0.15) is 5.82 Å². The Morgan fingerprint density at radius 3 is 3.05 bits per heavy atom. The van der Waals surface area contributed by atoms with Gasteiger partial charge in [0.05, 0.1) is 30.8 Å². The van der Waals surface area contributed by atoms with Crippen LogP contribution >= 0.6 is 0 Å². The van der Waals surface area contributed by atoms with Crippen molar-refractivity contribution in [2.24, 2.45) is 5.11 Å². The molecule has 7 heteroatoms. The summed E-state index contributed by atoms with van der Waals surface area (Å²) in [5, 5.41) is 3.59. The summed E-state index contributed by atoms with van der Waals surface area (Å²) in [6.07, 6.45) is 0. The number of hydrogen-bond donors (Lipinski definition) is 1. The van der Waals surface area contributed by atoms with Gasteiger partial charge < -0.3 is 9.72 Å². The molecule has 0 spiro atoms. The third-order valence-corrected chi connectivity index (χ3v) is 3.15. The van der Waals surface area contributed by atoms with E-state index in [1.165, 1.54) is 0 Å². The number of nitrogens with zero attached hydrogens (tertiary/aromatic N) is 5. The molecule has 0 saturated carbocycles.